The largest absolute Gasteiger partial charge is 0.466 e. The maximum atomic E-state index is 11.6. The molecule has 0 saturated heterocycles. The van der Waals surface area contributed by atoms with E-state index in [1.54, 1.807) is 20.8 Å². The number of hydrogen-bond acceptors (Lipinski definition) is 7. The molecule has 0 spiro atoms. The standard InChI is InChI=1S/C14H24O7/c1-5-19-12(16)7-10(3)21-14(18)8-11(4)20-13(17)6-9(2)15/h9-11,15H,5-8H2,1-4H3. The molecule has 0 aromatic carbocycles. The molecular formula is C14H24O7. The normalized spacial score (nSPS) is 14.7. The van der Waals surface area contributed by atoms with E-state index in [1.165, 1.54) is 6.92 Å². The summed E-state index contributed by atoms with van der Waals surface area (Å²) in [5.74, 6) is -1.58. The van der Waals surface area contributed by atoms with E-state index in [-0.39, 0.29) is 25.9 Å². The molecule has 0 bridgehead atoms. The molecular weight excluding hydrogens is 280 g/mol. The highest BCUT2D eigenvalue weighted by Gasteiger charge is 2.19. The number of esters is 3. The Balaban J connectivity index is 4.01. The van der Waals surface area contributed by atoms with Gasteiger partial charge in [-0.2, -0.15) is 0 Å². The van der Waals surface area contributed by atoms with Crippen molar-refractivity contribution in [3.63, 3.8) is 0 Å². The first kappa shape index (κ1) is 19.4. The molecule has 1 N–H and O–H groups in total. The van der Waals surface area contributed by atoms with Crippen molar-refractivity contribution in [3.05, 3.63) is 0 Å². The van der Waals surface area contributed by atoms with Crippen LogP contribution in [0.1, 0.15) is 47.0 Å². The lowest BCUT2D eigenvalue weighted by molar-refractivity contribution is -0.158. The van der Waals surface area contributed by atoms with Gasteiger partial charge in [-0.1, -0.05) is 0 Å². The zero-order valence-corrected chi connectivity index (χ0v) is 13.0. The van der Waals surface area contributed by atoms with E-state index in [2.05, 4.69) is 0 Å². The molecule has 7 heteroatoms. The summed E-state index contributed by atoms with van der Waals surface area (Å²) in [6, 6.07) is 0. The fourth-order valence-electron chi connectivity index (χ4n) is 1.56. The van der Waals surface area contributed by atoms with Crippen LogP contribution in [0.2, 0.25) is 0 Å². The molecule has 0 aliphatic rings. The van der Waals surface area contributed by atoms with Crippen molar-refractivity contribution in [1.82, 2.24) is 0 Å². The number of aliphatic hydroxyl groups excluding tert-OH is 1. The van der Waals surface area contributed by atoms with Crippen LogP contribution in [0.15, 0.2) is 0 Å². The third-order valence-corrected chi connectivity index (χ3v) is 2.34. The molecule has 0 heterocycles. The van der Waals surface area contributed by atoms with Gasteiger partial charge >= 0.3 is 17.9 Å². The van der Waals surface area contributed by atoms with Gasteiger partial charge in [-0.3, -0.25) is 14.4 Å². The van der Waals surface area contributed by atoms with E-state index < -0.39 is 36.2 Å². The zero-order valence-electron chi connectivity index (χ0n) is 13.0. The molecule has 0 radical (unpaired) electrons. The van der Waals surface area contributed by atoms with E-state index in [9.17, 15) is 14.4 Å². The molecule has 3 unspecified atom stereocenters. The second-order valence-corrected chi connectivity index (χ2v) is 4.87. The Hall–Kier alpha value is -1.63. The van der Waals surface area contributed by atoms with Gasteiger partial charge in [0.05, 0.1) is 32.0 Å². The lowest BCUT2D eigenvalue weighted by Crippen LogP contribution is -2.25. The van der Waals surface area contributed by atoms with Crippen molar-refractivity contribution in [3.8, 4) is 0 Å². The highest BCUT2D eigenvalue weighted by Crippen LogP contribution is 2.07. The number of ether oxygens (including phenoxy) is 3. The monoisotopic (exact) mass is 304 g/mol. The second-order valence-electron chi connectivity index (χ2n) is 4.87. The molecule has 0 aliphatic heterocycles. The van der Waals surface area contributed by atoms with Crippen LogP contribution in [0.4, 0.5) is 0 Å². The van der Waals surface area contributed by atoms with Gasteiger partial charge in [0, 0.05) is 0 Å². The summed E-state index contributed by atoms with van der Waals surface area (Å²) in [5, 5.41) is 9.03. The van der Waals surface area contributed by atoms with E-state index in [4.69, 9.17) is 19.3 Å². The van der Waals surface area contributed by atoms with E-state index >= 15 is 0 Å². The van der Waals surface area contributed by atoms with Gasteiger partial charge in [0.2, 0.25) is 0 Å². The Bertz CT molecular complexity index is 351. The summed E-state index contributed by atoms with van der Waals surface area (Å²) in [5.41, 5.74) is 0. The van der Waals surface area contributed by atoms with Crippen LogP contribution < -0.4 is 0 Å². The number of hydrogen-bond donors (Lipinski definition) is 1. The summed E-state index contributed by atoms with van der Waals surface area (Å²) in [4.78, 5) is 34.1. The van der Waals surface area contributed by atoms with Crippen LogP contribution in [-0.2, 0) is 28.6 Å². The molecule has 0 aromatic heterocycles. The number of carbonyl (C=O) groups excluding carboxylic acids is 3. The minimum Gasteiger partial charge on any atom is -0.466 e. The van der Waals surface area contributed by atoms with Gasteiger partial charge in [0.1, 0.15) is 12.2 Å². The average molecular weight is 304 g/mol. The summed E-state index contributed by atoms with van der Waals surface area (Å²) in [6.45, 7) is 6.57. The second kappa shape index (κ2) is 10.1. The summed E-state index contributed by atoms with van der Waals surface area (Å²) >= 11 is 0. The predicted octanol–water partition coefficient (Wildman–Crippen LogP) is 0.964. The highest BCUT2D eigenvalue weighted by atomic mass is 16.6. The maximum Gasteiger partial charge on any atom is 0.309 e. The van der Waals surface area contributed by atoms with Crippen molar-refractivity contribution < 1.29 is 33.7 Å². The van der Waals surface area contributed by atoms with Gasteiger partial charge in [-0.25, -0.2) is 0 Å². The van der Waals surface area contributed by atoms with Crippen molar-refractivity contribution in [2.45, 2.75) is 65.3 Å². The third kappa shape index (κ3) is 10.8. The number of aliphatic hydroxyl groups is 1. The van der Waals surface area contributed by atoms with Gasteiger partial charge < -0.3 is 19.3 Å². The predicted molar refractivity (Wildman–Crippen MR) is 73.3 cm³/mol. The van der Waals surface area contributed by atoms with Crippen molar-refractivity contribution in [2.24, 2.45) is 0 Å². The molecule has 0 aromatic rings. The average Bonchev–Trinajstić information content (AvgIpc) is 2.25. The van der Waals surface area contributed by atoms with Crippen LogP contribution in [0.25, 0.3) is 0 Å². The number of rotatable bonds is 9. The summed E-state index contributed by atoms with van der Waals surface area (Å²) in [6.07, 6.45) is -2.30. The molecule has 7 nitrogen and oxygen atoms in total. The molecule has 122 valence electrons. The fourth-order valence-corrected chi connectivity index (χ4v) is 1.56. The smallest absolute Gasteiger partial charge is 0.309 e. The van der Waals surface area contributed by atoms with Crippen LogP contribution in [0.5, 0.6) is 0 Å². The Kier molecular flexibility index (Phi) is 9.36. The Morgan fingerprint density at radius 3 is 1.71 bits per heavy atom. The van der Waals surface area contributed by atoms with Crippen LogP contribution in [0.3, 0.4) is 0 Å². The van der Waals surface area contributed by atoms with Gasteiger partial charge in [0.25, 0.3) is 0 Å². The van der Waals surface area contributed by atoms with Gasteiger partial charge in [0.15, 0.2) is 0 Å². The quantitative estimate of drug-likeness (QED) is 0.500. The Morgan fingerprint density at radius 2 is 1.29 bits per heavy atom. The SMILES string of the molecule is CCOC(=O)CC(C)OC(=O)CC(C)OC(=O)CC(C)O. The molecule has 3 atom stereocenters. The minimum atomic E-state index is -0.791. The first-order valence-electron chi connectivity index (χ1n) is 6.97. The molecule has 0 rings (SSSR count). The van der Waals surface area contributed by atoms with Crippen LogP contribution in [0, 0.1) is 0 Å². The maximum absolute atomic E-state index is 11.6. The molecule has 0 fully saturated rings. The summed E-state index contributed by atoms with van der Waals surface area (Å²) < 4.78 is 14.7. The van der Waals surface area contributed by atoms with Gasteiger partial charge in [-0.15, -0.1) is 0 Å². The molecule has 0 amide bonds. The lowest BCUT2D eigenvalue weighted by atomic mass is 10.2. The van der Waals surface area contributed by atoms with E-state index in [1.807, 2.05) is 0 Å². The van der Waals surface area contributed by atoms with E-state index in [0.717, 1.165) is 0 Å². The van der Waals surface area contributed by atoms with Crippen LogP contribution >= 0.6 is 0 Å². The third-order valence-electron chi connectivity index (χ3n) is 2.34. The Labute approximate surface area is 124 Å². The first-order chi connectivity index (χ1) is 9.74. The van der Waals surface area contributed by atoms with Crippen molar-refractivity contribution in [2.75, 3.05) is 6.61 Å². The Morgan fingerprint density at radius 1 is 0.857 bits per heavy atom. The lowest BCUT2D eigenvalue weighted by Gasteiger charge is -2.16. The molecule has 0 aliphatic carbocycles. The van der Waals surface area contributed by atoms with Crippen molar-refractivity contribution >= 4 is 17.9 Å². The summed E-state index contributed by atoms with van der Waals surface area (Å²) in [7, 11) is 0. The first-order valence-corrected chi connectivity index (χ1v) is 6.97. The molecule has 0 saturated carbocycles. The minimum absolute atomic E-state index is 0.0181. The van der Waals surface area contributed by atoms with Crippen LogP contribution in [-0.4, -0.2) is 47.9 Å². The number of carbonyl (C=O) groups is 3. The molecule has 21 heavy (non-hydrogen) atoms. The van der Waals surface area contributed by atoms with E-state index in [0.29, 0.717) is 0 Å². The topological polar surface area (TPSA) is 99.1 Å². The van der Waals surface area contributed by atoms with Gasteiger partial charge in [-0.05, 0) is 27.7 Å². The fraction of sp³-hybridized carbons (Fsp3) is 0.786. The zero-order chi connectivity index (χ0) is 16.4. The van der Waals surface area contributed by atoms with Crippen molar-refractivity contribution in [1.29, 1.82) is 0 Å². The highest BCUT2D eigenvalue weighted by molar-refractivity contribution is 5.74.